The van der Waals surface area contributed by atoms with Gasteiger partial charge in [0.1, 0.15) is 5.76 Å². The molecule has 1 heterocycles. The number of ether oxygens (including phenoxy) is 1. The van der Waals surface area contributed by atoms with Crippen LogP contribution in [0.15, 0.2) is 66.2 Å². The number of benzene rings is 1. The Hall–Kier alpha value is -3.86. The molecule has 178 valence electrons. The lowest BCUT2D eigenvalue weighted by atomic mass is 10.1. The number of halogens is 4. The molecule has 8 nitrogen and oxygen atoms in total. The van der Waals surface area contributed by atoms with Crippen LogP contribution in [-0.4, -0.2) is 29.0 Å². The fourth-order valence-electron chi connectivity index (χ4n) is 2.85. The Balaban J connectivity index is 1.65. The van der Waals surface area contributed by atoms with Gasteiger partial charge in [0.15, 0.2) is 5.75 Å². The fourth-order valence-corrected chi connectivity index (χ4v) is 3.07. The van der Waals surface area contributed by atoms with Gasteiger partial charge in [-0.1, -0.05) is 23.8 Å². The summed E-state index contributed by atoms with van der Waals surface area (Å²) in [6.07, 6.45) is 6.18. The van der Waals surface area contributed by atoms with Crippen LogP contribution in [-0.2, 0) is 11.0 Å². The second-order valence-corrected chi connectivity index (χ2v) is 7.31. The smallest absolute Gasteiger partial charge is 0.417 e. The third kappa shape index (κ3) is 6.82. The molecule has 0 fully saturated rings. The fraction of sp³-hybridized carbons (Fsp3) is 0.182. The maximum atomic E-state index is 13.0. The number of amides is 3. The lowest BCUT2D eigenvalue weighted by molar-refractivity contribution is -0.137. The standard InChI is InChI=1S/C22H19ClF3N5O3/c1-27-19(32)13-5-3-2-4-6-15(9-13)34-16-11-28-20(29-12-16)31-21(33)30-14-7-8-18(23)17(10-14)22(24,25)26/h2,4,6-12H,3,5H2,1H3,(H,27,32)(H2,28,29,30,31,33). The molecule has 0 saturated carbocycles. The van der Waals surface area contributed by atoms with Crippen molar-refractivity contribution in [3.8, 4) is 5.75 Å². The zero-order chi connectivity index (χ0) is 24.7. The first-order valence-electron chi connectivity index (χ1n) is 9.90. The van der Waals surface area contributed by atoms with Gasteiger partial charge in [-0.2, -0.15) is 13.2 Å². The number of likely N-dealkylation sites (N-methyl/N-ethyl adjacent to an activating group) is 1. The molecule has 0 unspecified atom stereocenters. The number of nitrogens with one attached hydrogen (secondary N) is 3. The number of nitrogens with zero attached hydrogens (tertiary/aromatic N) is 2. The summed E-state index contributed by atoms with van der Waals surface area (Å²) < 4.78 is 44.6. The van der Waals surface area contributed by atoms with Crippen LogP contribution < -0.4 is 20.7 Å². The molecule has 2 aromatic rings. The van der Waals surface area contributed by atoms with Crippen LogP contribution in [0.25, 0.3) is 0 Å². The van der Waals surface area contributed by atoms with Crippen LogP contribution >= 0.6 is 11.6 Å². The van der Waals surface area contributed by atoms with Crippen molar-refractivity contribution in [2.24, 2.45) is 0 Å². The van der Waals surface area contributed by atoms with E-state index < -0.39 is 22.8 Å². The van der Waals surface area contributed by atoms with E-state index >= 15 is 0 Å². The van der Waals surface area contributed by atoms with E-state index in [2.05, 4.69) is 25.9 Å². The van der Waals surface area contributed by atoms with Gasteiger partial charge < -0.3 is 15.4 Å². The highest BCUT2D eigenvalue weighted by Crippen LogP contribution is 2.36. The average Bonchev–Trinajstić information content (AvgIpc) is 2.76. The van der Waals surface area contributed by atoms with E-state index in [-0.39, 0.29) is 23.3 Å². The third-order valence-electron chi connectivity index (χ3n) is 4.43. The van der Waals surface area contributed by atoms with Crippen molar-refractivity contribution in [2.45, 2.75) is 19.0 Å². The minimum Gasteiger partial charge on any atom is -0.454 e. The zero-order valence-electron chi connectivity index (χ0n) is 17.7. The molecular formula is C22H19ClF3N5O3. The highest BCUT2D eigenvalue weighted by atomic mass is 35.5. The van der Waals surface area contributed by atoms with Gasteiger partial charge in [0.05, 0.1) is 23.0 Å². The van der Waals surface area contributed by atoms with Gasteiger partial charge in [-0.3, -0.25) is 10.1 Å². The molecule has 0 saturated heterocycles. The summed E-state index contributed by atoms with van der Waals surface area (Å²) in [7, 11) is 1.54. The number of carbonyl (C=O) groups is 2. The summed E-state index contributed by atoms with van der Waals surface area (Å²) >= 11 is 5.57. The molecule has 0 aliphatic heterocycles. The summed E-state index contributed by atoms with van der Waals surface area (Å²) in [4.78, 5) is 32.0. The largest absolute Gasteiger partial charge is 0.454 e. The number of carbonyl (C=O) groups excluding carboxylic acids is 2. The van der Waals surface area contributed by atoms with E-state index in [1.165, 1.54) is 18.5 Å². The zero-order valence-corrected chi connectivity index (χ0v) is 18.5. The van der Waals surface area contributed by atoms with Crippen molar-refractivity contribution in [3.63, 3.8) is 0 Å². The quantitative estimate of drug-likeness (QED) is 0.539. The Morgan fingerprint density at radius 1 is 1.15 bits per heavy atom. The van der Waals surface area contributed by atoms with Crippen LogP contribution in [0.4, 0.5) is 29.6 Å². The monoisotopic (exact) mass is 493 g/mol. The Morgan fingerprint density at radius 2 is 1.88 bits per heavy atom. The number of alkyl halides is 3. The van der Waals surface area contributed by atoms with Crippen molar-refractivity contribution in [1.29, 1.82) is 0 Å². The van der Waals surface area contributed by atoms with E-state index in [0.29, 0.717) is 24.2 Å². The highest BCUT2D eigenvalue weighted by molar-refractivity contribution is 6.31. The van der Waals surface area contributed by atoms with Gasteiger partial charge in [-0.25, -0.2) is 14.8 Å². The van der Waals surface area contributed by atoms with E-state index in [4.69, 9.17) is 16.3 Å². The molecule has 34 heavy (non-hydrogen) atoms. The third-order valence-corrected chi connectivity index (χ3v) is 4.76. The molecule has 3 amide bonds. The van der Waals surface area contributed by atoms with Crippen LogP contribution in [0.3, 0.4) is 0 Å². The minimum absolute atomic E-state index is 0.108. The van der Waals surface area contributed by atoms with Gasteiger partial charge >= 0.3 is 12.2 Å². The van der Waals surface area contributed by atoms with Gasteiger partial charge in [-0.15, -0.1) is 0 Å². The summed E-state index contributed by atoms with van der Waals surface area (Å²) in [6, 6.07) is 2.13. The van der Waals surface area contributed by atoms with E-state index in [1.54, 1.807) is 25.3 Å². The first kappa shape index (κ1) is 24.8. The topological polar surface area (TPSA) is 105 Å². The normalized spacial score (nSPS) is 13.7. The number of anilines is 2. The van der Waals surface area contributed by atoms with Crippen molar-refractivity contribution >= 4 is 35.2 Å². The van der Waals surface area contributed by atoms with E-state index in [0.717, 1.165) is 12.1 Å². The first-order valence-corrected chi connectivity index (χ1v) is 10.3. The molecule has 3 rings (SSSR count). The number of hydrogen-bond acceptors (Lipinski definition) is 5. The predicted molar refractivity (Wildman–Crippen MR) is 120 cm³/mol. The van der Waals surface area contributed by atoms with Gasteiger partial charge in [0.25, 0.3) is 0 Å². The molecular weight excluding hydrogens is 475 g/mol. The highest BCUT2D eigenvalue weighted by Gasteiger charge is 2.33. The molecule has 0 spiro atoms. The van der Waals surface area contributed by atoms with Crippen LogP contribution in [0.1, 0.15) is 18.4 Å². The lowest BCUT2D eigenvalue weighted by Gasteiger charge is -2.12. The number of allylic oxidation sites excluding steroid dienone is 4. The van der Waals surface area contributed by atoms with Crippen molar-refractivity contribution in [3.05, 3.63) is 76.8 Å². The molecule has 1 aliphatic rings. The van der Waals surface area contributed by atoms with E-state index in [1.807, 2.05) is 6.08 Å². The summed E-state index contributed by atoms with van der Waals surface area (Å²) in [5, 5.41) is 6.67. The maximum Gasteiger partial charge on any atom is 0.417 e. The molecule has 1 aliphatic carbocycles. The van der Waals surface area contributed by atoms with Gasteiger partial charge in [0.2, 0.25) is 11.9 Å². The average molecular weight is 494 g/mol. The SMILES string of the molecule is CNC(=O)C1=CC(Oc2cnc(NC(=O)Nc3ccc(Cl)c(C(F)(F)F)c3)nc2)=CC=CCC1. The Bertz CT molecular complexity index is 1160. The summed E-state index contributed by atoms with van der Waals surface area (Å²) in [5.74, 6) is 0.309. The molecule has 12 heteroatoms. The maximum absolute atomic E-state index is 13.0. The van der Waals surface area contributed by atoms with E-state index in [9.17, 15) is 22.8 Å². The van der Waals surface area contributed by atoms with Crippen molar-refractivity contribution in [1.82, 2.24) is 15.3 Å². The molecule has 0 atom stereocenters. The second kappa shape index (κ2) is 10.8. The number of aromatic nitrogens is 2. The number of rotatable bonds is 5. The Kier molecular flexibility index (Phi) is 7.90. The van der Waals surface area contributed by atoms with Crippen LogP contribution in [0, 0.1) is 0 Å². The van der Waals surface area contributed by atoms with Crippen molar-refractivity contribution < 1.29 is 27.5 Å². The molecule has 0 bridgehead atoms. The second-order valence-electron chi connectivity index (χ2n) is 6.90. The molecule has 3 N–H and O–H groups in total. The lowest BCUT2D eigenvalue weighted by Crippen LogP contribution is -2.21. The van der Waals surface area contributed by atoms with Crippen molar-refractivity contribution in [2.75, 3.05) is 17.7 Å². The Morgan fingerprint density at radius 3 is 2.56 bits per heavy atom. The number of urea groups is 1. The molecule has 0 radical (unpaired) electrons. The summed E-state index contributed by atoms with van der Waals surface area (Å²) in [5.41, 5.74) is -0.640. The van der Waals surface area contributed by atoms with Crippen LogP contribution in [0.5, 0.6) is 5.75 Å². The predicted octanol–water partition coefficient (Wildman–Crippen LogP) is 5.08. The Labute approximate surface area is 197 Å². The first-order chi connectivity index (χ1) is 16.2. The molecule has 1 aromatic heterocycles. The number of hydrogen-bond donors (Lipinski definition) is 3. The molecule has 1 aromatic carbocycles. The van der Waals surface area contributed by atoms with Gasteiger partial charge in [-0.05, 0) is 43.2 Å². The summed E-state index contributed by atoms with van der Waals surface area (Å²) in [6.45, 7) is 0. The van der Waals surface area contributed by atoms with Gasteiger partial charge in [0, 0.05) is 18.3 Å². The van der Waals surface area contributed by atoms with Crippen LogP contribution in [0.2, 0.25) is 5.02 Å². The minimum atomic E-state index is -4.66.